The second kappa shape index (κ2) is 58.9. The Kier molecular flexibility index (Phi) is 56.4. The molecule has 0 aliphatic rings. The summed E-state index contributed by atoms with van der Waals surface area (Å²) in [7, 11) is 1.16. The number of nitrogens with one attached hydrogen (secondary N) is 1. The van der Waals surface area contributed by atoms with Gasteiger partial charge >= 0.3 is 5.97 Å². The molecule has 0 aromatic rings. The minimum Gasteiger partial charge on any atom is -0.756 e. The molecule has 9 nitrogen and oxygen atoms in total. The standard InChI is InChI=1S/C70H123N2O7P/c1-7-10-13-16-19-22-25-28-30-32-33-34-35-36-37-38-39-40-42-45-48-51-54-57-60-63-70(74)79-68(61-58-55-52-49-46-43-27-24-21-18-15-12-9-3)67(66-78-80(75,76)77-65-64-72(4,5)6)71-69(73)62-59-56-53-50-47-44-41-31-29-26-23-20-17-14-11-8-2/h10-11,13-14,19-20,22-23,28-31,33-34,36-37,58,61,67-68H,7-9,12,15-18,21,24-27,32,35,38-57,59-60,62-66H2,1-6H3,(H-,71,73,75,76)/b13-10-,14-11+,22-19-,23-20+,30-28-,31-29+,34-33-,37-36-,61-58-. The van der Waals surface area contributed by atoms with Crippen LogP contribution in [0.25, 0.3) is 0 Å². The average Bonchev–Trinajstić information content (AvgIpc) is 3.42. The number of carbonyl (C=O) groups is 2. The summed E-state index contributed by atoms with van der Waals surface area (Å²) in [5, 5.41) is 3.02. The van der Waals surface area contributed by atoms with Gasteiger partial charge in [0.1, 0.15) is 19.3 Å². The molecule has 460 valence electrons. The van der Waals surface area contributed by atoms with Gasteiger partial charge in [-0.25, -0.2) is 0 Å². The third-order valence-corrected chi connectivity index (χ3v) is 14.9. The highest BCUT2D eigenvalue weighted by atomic mass is 31.2. The van der Waals surface area contributed by atoms with Gasteiger partial charge in [0.15, 0.2) is 0 Å². The number of allylic oxidation sites excluding steroid dienone is 17. The van der Waals surface area contributed by atoms with Crippen molar-refractivity contribution < 1.29 is 37.3 Å². The van der Waals surface area contributed by atoms with Gasteiger partial charge in [-0.05, 0) is 109 Å². The van der Waals surface area contributed by atoms with Crippen molar-refractivity contribution in [3.8, 4) is 0 Å². The lowest BCUT2D eigenvalue weighted by Crippen LogP contribution is -2.47. The van der Waals surface area contributed by atoms with Crippen molar-refractivity contribution in [2.75, 3.05) is 40.9 Å². The molecule has 1 N–H and O–H groups in total. The van der Waals surface area contributed by atoms with E-state index in [1.807, 2.05) is 33.3 Å². The van der Waals surface area contributed by atoms with Crippen LogP contribution in [-0.4, -0.2) is 69.4 Å². The van der Waals surface area contributed by atoms with E-state index < -0.39 is 26.6 Å². The SMILES string of the molecule is CC/C=C\C/C=C\C/C=C\C/C=C\C/C=C\CCCCCCCCCCCC(=O)OC(/C=C\CCCCCCCCCCCCC)C(COP(=O)([O-])OCC[N+](C)(C)C)NC(=O)CCCCCCCC/C=C/C/C=C/C/C=C/CC. The number of quaternary nitrogens is 1. The van der Waals surface area contributed by atoms with Gasteiger partial charge in [0.25, 0.3) is 7.82 Å². The number of rotatable bonds is 58. The Balaban J connectivity index is 5.20. The summed E-state index contributed by atoms with van der Waals surface area (Å²) in [6, 6.07) is -0.905. The predicted molar refractivity (Wildman–Crippen MR) is 344 cm³/mol. The first-order chi connectivity index (χ1) is 38.9. The number of phosphoric ester groups is 1. The molecule has 3 unspecified atom stereocenters. The summed E-state index contributed by atoms with van der Waals surface area (Å²) in [6.45, 7) is 6.61. The molecule has 0 radical (unpaired) electrons. The lowest BCUT2D eigenvalue weighted by atomic mass is 10.0. The molecule has 80 heavy (non-hydrogen) atoms. The van der Waals surface area contributed by atoms with Gasteiger partial charge in [-0.2, -0.15) is 0 Å². The number of phosphoric acid groups is 1. The highest BCUT2D eigenvalue weighted by Gasteiger charge is 2.27. The molecule has 0 saturated carbocycles. The van der Waals surface area contributed by atoms with Gasteiger partial charge < -0.3 is 28.5 Å². The number of carbonyl (C=O) groups excluding carboxylic acids is 2. The summed E-state index contributed by atoms with van der Waals surface area (Å²) < 4.78 is 30.4. The van der Waals surface area contributed by atoms with Crippen molar-refractivity contribution in [2.45, 2.75) is 283 Å². The van der Waals surface area contributed by atoms with E-state index in [1.165, 1.54) is 89.9 Å². The molecule has 0 rings (SSSR count). The van der Waals surface area contributed by atoms with Gasteiger partial charge in [-0.1, -0.05) is 259 Å². The summed E-state index contributed by atoms with van der Waals surface area (Å²) in [6.07, 6.45) is 80.5. The fourth-order valence-electron chi connectivity index (χ4n) is 8.97. The molecule has 0 aliphatic carbocycles. The van der Waals surface area contributed by atoms with Crippen LogP contribution in [0, 0.1) is 0 Å². The van der Waals surface area contributed by atoms with Crippen molar-refractivity contribution in [3.63, 3.8) is 0 Å². The Labute approximate surface area is 493 Å². The molecule has 0 spiro atoms. The van der Waals surface area contributed by atoms with Crippen LogP contribution >= 0.6 is 7.82 Å². The van der Waals surface area contributed by atoms with Gasteiger partial charge in [0, 0.05) is 12.8 Å². The van der Waals surface area contributed by atoms with Gasteiger partial charge in [-0.3, -0.25) is 14.2 Å². The quantitative estimate of drug-likeness (QED) is 0.0212. The smallest absolute Gasteiger partial charge is 0.306 e. The summed E-state index contributed by atoms with van der Waals surface area (Å²) in [4.78, 5) is 40.1. The van der Waals surface area contributed by atoms with E-state index in [9.17, 15) is 19.0 Å². The molecule has 0 fully saturated rings. The minimum absolute atomic E-state index is 0.0310. The van der Waals surface area contributed by atoms with E-state index in [1.54, 1.807) is 0 Å². The van der Waals surface area contributed by atoms with E-state index in [-0.39, 0.29) is 24.9 Å². The van der Waals surface area contributed by atoms with Gasteiger partial charge in [0.2, 0.25) is 5.91 Å². The van der Waals surface area contributed by atoms with E-state index in [4.69, 9.17) is 13.8 Å². The zero-order chi connectivity index (χ0) is 58.6. The molecule has 0 aliphatic heterocycles. The fourth-order valence-corrected chi connectivity index (χ4v) is 9.70. The molecule has 0 heterocycles. The first kappa shape index (κ1) is 76.7. The van der Waals surface area contributed by atoms with Crippen LogP contribution in [0.15, 0.2) is 109 Å². The van der Waals surface area contributed by atoms with Crippen molar-refractivity contribution in [1.29, 1.82) is 0 Å². The zero-order valence-corrected chi connectivity index (χ0v) is 53.4. The Morgan fingerprint density at radius 2 is 0.800 bits per heavy atom. The van der Waals surface area contributed by atoms with E-state index in [0.29, 0.717) is 17.4 Å². The van der Waals surface area contributed by atoms with Crippen LogP contribution in [0.5, 0.6) is 0 Å². The monoisotopic (exact) mass is 1130 g/mol. The predicted octanol–water partition coefficient (Wildman–Crippen LogP) is 19.9. The lowest BCUT2D eigenvalue weighted by molar-refractivity contribution is -0.870. The third kappa shape index (κ3) is 59.3. The molecular weight excluding hydrogens is 1010 g/mol. The second-order valence-electron chi connectivity index (χ2n) is 22.9. The molecule has 0 saturated heterocycles. The number of unbranched alkanes of at least 4 members (excludes halogenated alkanes) is 26. The molecule has 10 heteroatoms. The highest BCUT2D eigenvalue weighted by Crippen LogP contribution is 2.38. The zero-order valence-electron chi connectivity index (χ0n) is 52.5. The van der Waals surface area contributed by atoms with E-state index in [0.717, 1.165) is 148 Å². The maximum atomic E-state index is 13.5. The van der Waals surface area contributed by atoms with E-state index in [2.05, 4.69) is 123 Å². The molecule has 1 amide bonds. The maximum absolute atomic E-state index is 13.5. The Bertz CT molecular complexity index is 1740. The van der Waals surface area contributed by atoms with Crippen molar-refractivity contribution in [1.82, 2.24) is 5.32 Å². The van der Waals surface area contributed by atoms with Gasteiger partial charge in [0.05, 0.1) is 33.8 Å². The summed E-state index contributed by atoms with van der Waals surface area (Å²) in [5.41, 5.74) is 0. The Morgan fingerprint density at radius 3 is 1.20 bits per heavy atom. The average molecular weight is 1140 g/mol. The number of nitrogens with zero attached hydrogens (tertiary/aromatic N) is 1. The number of amides is 1. The number of likely N-dealkylation sites (N-methyl/N-ethyl adjacent to an activating group) is 1. The molecular formula is C70H123N2O7P. The maximum Gasteiger partial charge on any atom is 0.306 e. The lowest BCUT2D eigenvalue weighted by Gasteiger charge is -2.30. The largest absolute Gasteiger partial charge is 0.756 e. The number of hydrogen-bond donors (Lipinski definition) is 1. The third-order valence-electron chi connectivity index (χ3n) is 13.9. The molecule has 3 atom stereocenters. The highest BCUT2D eigenvalue weighted by molar-refractivity contribution is 7.45. The summed E-state index contributed by atoms with van der Waals surface area (Å²) in [5.74, 6) is -0.565. The first-order valence-corrected chi connectivity index (χ1v) is 34.2. The topological polar surface area (TPSA) is 114 Å². The molecule has 0 aromatic carbocycles. The Morgan fingerprint density at radius 1 is 0.450 bits per heavy atom. The van der Waals surface area contributed by atoms with Crippen LogP contribution in [0.4, 0.5) is 0 Å². The molecule has 0 aromatic heterocycles. The number of ether oxygens (including phenoxy) is 1. The number of esters is 1. The van der Waals surface area contributed by atoms with E-state index >= 15 is 0 Å². The first-order valence-electron chi connectivity index (χ1n) is 32.7. The van der Waals surface area contributed by atoms with Crippen molar-refractivity contribution in [2.24, 2.45) is 0 Å². The van der Waals surface area contributed by atoms with Crippen molar-refractivity contribution in [3.05, 3.63) is 109 Å². The van der Waals surface area contributed by atoms with Crippen LogP contribution < -0.4 is 10.2 Å². The second-order valence-corrected chi connectivity index (χ2v) is 24.3. The number of hydrogen-bond acceptors (Lipinski definition) is 7. The minimum atomic E-state index is -4.71. The normalized spacial score (nSPS) is 14.3. The van der Waals surface area contributed by atoms with Crippen LogP contribution in [0.3, 0.4) is 0 Å². The Hall–Kier alpha value is -3.33. The van der Waals surface area contributed by atoms with Crippen LogP contribution in [0.2, 0.25) is 0 Å². The van der Waals surface area contributed by atoms with Crippen LogP contribution in [-0.2, 0) is 27.9 Å². The van der Waals surface area contributed by atoms with Crippen LogP contribution in [0.1, 0.15) is 271 Å². The molecule has 0 bridgehead atoms. The summed E-state index contributed by atoms with van der Waals surface area (Å²) >= 11 is 0. The van der Waals surface area contributed by atoms with Gasteiger partial charge in [-0.15, -0.1) is 0 Å². The van der Waals surface area contributed by atoms with Crippen molar-refractivity contribution >= 4 is 19.7 Å². The fraction of sp³-hybridized carbons (Fsp3) is 0.714.